The number of esters is 1. The van der Waals surface area contributed by atoms with Gasteiger partial charge in [0.1, 0.15) is 12.1 Å². The monoisotopic (exact) mass is 193 g/mol. The number of nitrogens with zero attached hydrogens (tertiary/aromatic N) is 2. The lowest BCUT2D eigenvalue weighted by atomic mass is 10.2. The first-order chi connectivity index (χ1) is 6.81. The highest BCUT2D eigenvalue weighted by Crippen LogP contribution is 2.15. The summed E-state index contributed by atoms with van der Waals surface area (Å²) >= 11 is 0. The number of nitrogens with one attached hydrogen (secondary N) is 1. The predicted octanol–water partition coefficient (Wildman–Crippen LogP) is 0.713. The largest absolute Gasteiger partial charge is 0.463 e. The molecule has 5 nitrogen and oxygen atoms in total. The van der Waals surface area contributed by atoms with Gasteiger partial charge in [-0.05, 0) is 6.92 Å². The van der Waals surface area contributed by atoms with Crippen LogP contribution >= 0.6 is 0 Å². The number of carbonyl (C=O) groups is 1. The van der Waals surface area contributed by atoms with E-state index < -0.39 is 0 Å². The van der Waals surface area contributed by atoms with Gasteiger partial charge in [-0.15, -0.1) is 0 Å². The normalized spacial score (nSPS) is 13.9. The van der Waals surface area contributed by atoms with Crippen molar-refractivity contribution >= 4 is 18.0 Å². The summed E-state index contributed by atoms with van der Waals surface area (Å²) in [7, 11) is 0. The van der Waals surface area contributed by atoms with E-state index in [1.54, 1.807) is 30.2 Å². The van der Waals surface area contributed by atoms with Crippen molar-refractivity contribution in [2.24, 2.45) is 0 Å². The Morgan fingerprint density at radius 3 is 3.43 bits per heavy atom. The van der Waals surface area contributed by atoms with E-state index in [0.717, 1.165) is 5.82 Å². The second kappa shape index (κ2) is 3.53. The van der Waals surface area contributed by atoms with E-state index in [1.807, 2.05) is 0 Å². The van der Waals surface area contributed by atoms with Crippen molar-refractivity contribution in [3.05, 3.63) is 18.1 Å². The Bertz CT molecular complexity index is 381. The van der Waals surface area contributed by atoms with Crippen LogP contribution in [-0.4, -0.2) is 28.7 Å². The first kappa shape index (κ1) is 8.80. The third kappa shape index (κ3) is 1.48. The molecule has 74 valence electrons. The molecule has 0 saturated carbocycles. The van der Waals surface area contributed by atoms with E-state index in [0.29, 0.717) is 18.7 Å². The van der Waals surface area contributed by atoms with E-state index >= 15 is 0 Å². The molecule has 1 aliphatic heterocycles. The fraction of sp³-hybridized carbons (Fsp3) is 0.333. The predicted molar refractivity (Wildman–Crippen MR) is 51.6 cm³/mol. The van der Waals surface area contributed by atoms with Crippen molar-refractivity contribution < 1.29 is 9.53 Å². The van der Waals surface area contributed by atoms with E-state index in [2.05, 4.69) is 10.3 Å². The number of fused-ring (bicyclic) bond motifs is 1. The van der Waals surface area contributed by atoms with Gasteiger partial charge in [-0.3, -0.25) is 4.57 Å². The number of ether oxygens (including phenoxy) is 1. The molecule has 5 heteroatoms. The number of anilines is 1. The Morgan fingerprint density at radius 2 is 2.64 bits per heavy atom. The average Bonchev–Trinajstić information content (AvgIpc) is 2.64. The Labute approximate surface area is 81.4 Å². The average molecular weight is 193 g/mol. The molecule has 0 aromatic carbocycles. The SMILES string of the molecule is CCOC(=O)C1=Cn2cncc2NC1. The van der Waals surface area contributed by atoms with Crippen LogP contribution in [-0.2, 0) is 9.53 Å². The summed E-state index contributed by atoms with van der Waals surface area (Å²) in [5, 5.41) is 3.06. The molecule has 0 amide bonds. The molecule has 0 spiro atoms. The zero-order valence-corrected chi connectivity index (χ0v) is 7.86. The van der Waals surface area contributed by atoms with Crippen molar-refractivity contribution in [1.82, 2.24) is 9.55 Å². The molecule has 0 bridgehead atoms. The first-order valence-corrected chi connectivity index (χ1v) is 4.44. The Hall–Kier alpha value is -1.78. The van der Waals surface area contributed by atoms with Gasteiger partial charge in [0.25, 0.3) is 0 Å². The summed E-state index contributed by atoms with van der Waals surface area (Å²) in [4.78, 5) is 15.3. The standard InChI is InChI=1S/C9H11N3O2/c1-2-14-9(13)7-3-11-8-4-10-6-12(8)5-7/h4-6,11H,2-3H2,1H3. The Morgan fingerprint density at radius 1 is 1.79 bits per heavy atom. The molecular weight excluding hydrogens is 182 g/mol. The maximum atomic E-state index is 11.4. The highest BCUT2D eigenvalue weighted by molar-refractivity contribution is 5.93. The van der Waals surface area contributed by atoms with Crippen molar-refractivity contribution in [1.29, 1.82) is 0 Å². The minimum Gasteiger partial charge on any atom is -0.463 e. The first-order valence-electron chi connectivity index (χ1n) is 4.44. The number of aromatic nitrogens is 2. The number of imidazole rings is 1. The van der Waals surface area contributed by atoms with E-state index in [1.165, 1.54) is 0 Å². The summed E-state index contributed by atoms with van der Waals surface area (Å²) < 4.78 is 6.65. The molecular formula is C9H11N3O2. The van der Waals surface area contributed by atoms with E-state index in [4.69, 9.17) is 4.74 Å². The molecule has 1 aromatic rings. The van der Waals surface area contributed by atoms with Gasteiger partial charge in [0.15, 0.2) is 0 Å². The van der Waals surface area contributed by atoms with Crippen LogP contribution in [0.4, 0.5) is 5.82 Å². The van der Waals surface area contributed by atoms with Gasteiger partial charge in [0, 0.05) is 6.20 Å². The quantitative estimate of drug-likeness (QED) is 0.703. The van der Waals surface area contributed by atoms with Crippen LogP contribution in [0.15, 0.2) is 18.1 Å². The maximum absolute atomic E-state index is 11.4. The molecule has 2 heterocycles. The van der Waals surface area contributed by atoms with Crippen LogP contribution in [0.3, 0.4) is 0 Å². The van der Waals surface area contributed by atoms with Crippen LogP contribution < -0.4 is 5.32 Å². The lowest BCUT2D eigenvalue weighted by Crippen LogP contribution is -2.20. The van der Waals surface area contributed by atoms with Gasteiger partial charge in [-0.25, -0.2) is 9.78 Å². The highest BCUT2D eigenvalue weighted by atomic mass is 16.5. The zero-order valence-electron chi connectivity index (χ0n) is 7.86. The molecule has 1 aromatic heterocycles. The van der Waals surface area contributed by atoms with Crippen molar-refractivity contribution in [2.45, 2.75) is 6.92 Å². The molecule has 2 rings (SSSR count). The lowest BCUT2D eigenvalue weighted by Gasteiger charge is -2.15. The van der Waals surface area contributed by atoms with Gasteiger partial charge in [0.05, 0.1) is 24.9 Å². The second-order valence-corrected chi connectivity index (χ2v) is 2.91. The fourth-order valence-electron chi connectivity index (χ4n) is 1.29. The van der Waals surface area contributed by atoms with Crippen molar-refractivity contribution in [3.63, 3.8) is 0 Å². The van der Waals surface area contributed by atoms with Gasteiger partial charge < -0.3 is 10.1 Å². The summed E-state index contributed by atoms with van der Waals surface area (Å²) in [6.45, 7) is 2.68. The Kier molecular flexibility index (Phi) is 2.22. The van der Waals surface area contributed by atoms with Crippen LogP contribution in [0.25, 0.3) is 6.20 Å². The number of hydrogen-bond donors (Lipinski definition) is 1. The van der Waals surface area contributed by atoms with E-state index in [-0.39, 0.29) is 5.97 Å². The van der Waals surface area contributed by atoms with Crippen LogP contribution in [0, 0.1) is 0 Å². The molecule has 0 aliphatic carbocycles. The van der Waals surface area contributed by atoms with Crippen molar-refractivity contribution in [2.75, 3.05) is 18.5 Å². The molecule has 0 fully saturated rings. The molecule has 14 heavy (non-hydrogen) atoms. The second-order valence-electron chi connectivity index (χ2n) is 2.91. The number of rotatable bonds is 2. The fourth-order valence-corrected chi connectivity index (χ4v) is 1.29. The summed E-state index contributed by atoms with van der Waals surface area (Å²) in [5.41, 5.74) is 0.609. The molecule has 0 radical (unpaired) electrons. The number of hydrogen-bond acceptors (Lipinski definition) is 4. The summed E-state index contributed by atoms with van der Waals surface area (Å²) in [5.74, 6) is 0.609. The summed E-state index contributed by atoms with van der Waals surface area (Å²) in [6.07, 6.45) is 5.08. The number of carbonyl (C=O) groups excluding carboxylic acids is 1. The molecule has 0 unspecified atom stereocenters. The summed E-state index contributed by atoms with van der Waals surface area (Å²) in [6, 6.07) is 0. The minimum atomic E-state index is -0.278. The third-order valence-electron chi connectivity index (χ3n) is 1.96. The van der Waals surface area contributed by atoms with Crippen LogP contribution in [0.5, 0.6) is 0 Å². The topological polar surface area (TPSA) is 56.2 Å². The molecule has 0 saturated heterocycles. The Balaban J connectivity index is 2.20. The minimum absolute atomic E-state index is 0.278. The third-order valence-corrected chi connectivity index (χ3v) is 1.96. The highest BCUT2D eigenvalue weighted by Gasteiger charge is 2.15. The van der Waals surface area contributed by atoms with Crippen molar-refractivity contribution in [3.8, 4) is 0 Å². The van der Waals surface area contributed by atoms with Gasteiger partial charge in [-0.2, -0.15) is 0 Å². The van der Waals surface area contributed by atoms with Crippen LogP contribution in [0.2, 0.25) is 0 Å². The lowest BCUT2D eigenvalue weighted by molar-refractivity contribution is -0.138. The zero-order chi connectivity index (χ0) is 9.97. The molecule has 0 atom stereocenters. The van der Waals surface area contributed by atoms with Gasteiger partial charge in [0.2, 0.25) is 0 Å². The molecule has 1 aliphatic rings. The van der Waals surface area contributed by atoms with Gasteiger partial charge >= 0.3 is 5.97 Å². The van der Waals surface area contributed by atoms with Gasteiger partial charge in [-0.1, -0.05) is 0 Å². The maximum Gasteiger partial charge on any atom is 0.337 e. The van der Waals surface area contributed by atoms with E-state index in [9.17, 15) is 4.79 Å². The molecule has 1 N–H and O–H groups in total. The van der Waals surface area contributed by atoms with Crippen LogP contribution in [0.1, 0.15) is 6.92 Å². The smallest absolute Gasteiger partial charge is 0.337 e.